The predicted octanol–water partition coefficient (Wildman–Crippen LogP) is 3.79. The van der Waals surface area contributed by atoms with Crippen molar-refractivity contribution in [3.8, 4) is 5.82 Å². The molecule has 0 spiro atoms. The summed E-state index contributed by atoms with van der Waals surface area (Å²) in [6, 6.07) is 9.98. The highest BCUT2D eigenvalue weighted by Crippen LogP contribution is 2.29. The molecule has 144 valence electrons. The lowest BCUT2D eigenvalue weighted by Crippen LogP contribution is -2.17. The molecule has 5 aromatic rings. The number of halogens is 1. The highest BCUT2D eigenvalue weighted by molar-refractivity contribution is 5.82. The summed E-state index contributed by atoms with van der Waals surface area (Å²) in [4.78, 5) is 25.0. The van der Waals surface area contributed by atoms with Gasteiger partial charge in [0.05, 0.1) is 23.4 Å². The fraction of sp³-hybridized carbons (Fsp3) is 0.150. The first-order valence-corrected chi connectivity index (χ1v) is 9.24. The van der Waals surface area contributed by atoms with Crippen molar-refractivity contribution in [1.29, 1.82) is 0 Å². The minimum atomic E-state index is -0.322. The van der Waals surface area contributed by atoms with Gasteiger partial charge in [0.25, 0.3) is 0 Å². The van der Waals surface area contributed by atoms with Gasteiger partial charge < -0.3 is 10.3 Å². The fourth-order valence-corrected chi connectivity index (χ4v) is 3.42. The molecule has 1 atom stereocenters. The van der Waals surface area contributed by atoms with E-state index in [1.54, 1.807) is 18.6 Å². The Morgan fingerprint density at radius 3 is 2.90 bits per heavy atom. The van der Waals surface area contributed by atoms with Gasteiger partial charge in [0.2, 0.25) is 0 Å². The fourth-order valence-electron chi connectivity index (χ4n) is 3.42. The maximum atomic E-state index is 14.0. The lowest BCUT2D eigenvalue weighted by Gasteiger charge is -2.19. The van der Waals surface area contributed by atoms with Gasteiger partial charge in [-0.25, -0.2) is 29.3 Å². The van der Waals surface area contributed by atoms with Crippen LogP contribution in [0.25, 0.3) is 28.0 Å². The van der Waals surface area contributed by atoms with Crippen LogP contribution in [0.3, 0.4) is 0 Å². The number of nitrogens with one attached hydrogen (secondary N) is 2. The number of fused-ring (bicyclic) bond motifs is 2. The Kier molecular flexibility index (Phi) is 4.12. The molecule has 4 aromatic heterocycles. The average Bonchev–Trinajstić information content (AvgIpc) is 3.37. The summed E-state index contributed by atoms with van der Waals surface area (Å²) in [7, 11) is 0. The zero-order valence-electron chi connectivity index (χ0n) is 15.5. The molecule has 29 heavy (non-hydrogen) atoms. The molecule has 9 heteroatoms. The molecule has 0 saturated carbocycles. The van der Waals surface area contributed by atoms with Gasteiger partial charge in [-0.1, -0.05) is 13.0 Å². The van der Waals surface area contributed by atoms with E-state index in [9.17, 15) is 4.39 Å². The summed E-state index contributed by atoms with van der Waals surface area (Å²) < 4.78 is 15.9. The van der Waals surface area contributed by atoms with E-state index in [4.69, 9.17) is 4.98 Å². The van der Waals surface area contributed by atoms with Crippen molar-refractivity contribution < 1.29 is 4.39 Å². The number of imidazole rings is 2. The van der Waals surface area contributed by atoms with Gasteiger partial charge in [0, 0.05) is 12.3 Å². The number of benzene rings is 1. The Morgan fingerprint density at radius 2 is 2.07 bits per heavy atom. The topological polar surface area (TPSA) is 97.2 Å². The molecular formula is C20H17FN8. The number of pyridine rings is 1. The van der Waals surface area contributed by atoms with Crippen molar-refractivity contribution >= 4 is 28.0 Å². The molecule has 5 rings (SSSR count). The maximum Gasteiger partial charge on any atom is 0.182 e. The molecule has 1 aromatic carbocycles. The van der Waals surface area contributed by atoms with Gasteiger partial charge in [-0.3, -0.25) is 4.57 Å². The molecule has 0 bridgehead atoms. The summed E-state index contributed by atoms with van der Waals surface area (Å²) in [5, 5.41) is 3.43. The van der Waals surface area contributed by atoms with E-state index in [1.165, 1.54) is 18.5 Å². The Hall–Kier alpha value is -3.88. The molecule has 0 unspecified atom stereocenters. The van der Waals surface area contributed by atoms with Crippen LogP contribution in [0.2, 0.25) is 0 Å². The van der Waals surface area contributed by atoms with Crippen molar-refractivity contribution in [3.63, 3.8) is 0 Å². The first-order chi connectivity index (χ1) is 14.2. The Morgan fingerprint density at radius 1 is 1.14 bits per heavy atom. The molecule has 8 nitrogen and oxygen atoms in total. The second-order valence-corrected chi connectivity index (χ2v) is 6.55. The van der Waals surface area contributed by atoms with E-state index >= 15 is 0 Å². The van der Waals surface area contributed by atoms with Crippen LogP contribution in [0.15, 0.2) is 55.2 Å². The molecule has 0 aliphatic heterocycles. The van der Waals surface area contributed by atoms with E-state index in [-0.39, 0.29) is 11.9 Å². The average molecular weight is 388 g/mol. The van der Waals surface area contributed by atoms with E-state index in [2.05, 4.69) is 30.2 Å². The first kappa shape index (κ1) is 17.2. The van der Waals surface area contributed by atoms with Crippen LogP contribution >= 0.6 is 0 Å². The molecule has 0 aliphatic rings. The summed E-state index contributed by atoms with van der Waals surface area (Å²) in [5.74, 6) is 1.70. The minimum Gasteiger partial charge on any atom is -0.358 e. The maximum absolute atomic E-state index is 14.0. The number of aromatic amines is 1. The van der Waals surface area contributed by atoms with E-state index in [0.29, 0.717) is 28.3 Å². The van der Waals surface area contributed by atoms with Gasteiger partial charge in [-0.15, -0.1) is 0 Å². The molecule has 0 aliphatic carbocycles. The van der Waals surface area contributed by atoms with Gasteiger partial charge in [-0.05, 0) is 30.7 Å². The van der Waals surface area contributed by atoms with Gasteiger partial charge in [0.15, 0.2) is 11.5 Å². The van der Waals surface area contributed by atoms with Crippen LogP contribution in [0, 0.1) is 5.82 Å². The highest BCUT2D eigenvalue weighted by Gasteiger charge is 2.22. The Labute approximate surface area is 164 Å². The molecule has 4 heterocycles. The van der Waals surface area contributed by atoms with Crippen molar-refractivity contribution in [2.24, 2.45) is 0 Å². The minimum absolute atomic E-state index is 0.200. The monoisotopic (exact) mass is 388 g/mol. The smallest absolute Gasteiger partial charge is 0.182 e. The SMILES string of the molecule is CC[C@H](Nc1ncnc2nc[nH]c12)c1nc2ccc(F)cc2n1-c1ccccn1. The summed E-state index contributed by atoms with van der Waals surface area (Å²) in [5.41, 5.74) is 2.66. The second kappa shape index (κ2) is 6.93. The number of hydrogen-bond acceptors (Lipinski definition) is 6. The number of aromatic nitrogens is 7. The normalized spacial score (nSPS) is 12.5. The van der Waals surface area contributed by atoms with Crippen LogP contribution < -0.4 is 5.32 Å². The number of rotatable bonds is 5. The van der Waals surface area contributed by atoms with E-state index < -0.39 is 0 Å². The van der Waals surface area contributed by atoms with Crippen LogP contribution in [-0.4, -0.2) is 34.5 Å². The standard InChI is InChI=1S/C20H17FN8/c1-2-13(27-19-17-18(24-10-23-17)25-11-26-19)20-28-14-7-6-12(21)9-15(14)29(20)16-5-3-4-8-22-16/h3-11,13H,2H2,1H3,(H2,23,24,25,26,27)/t13-/m0/s1. The van der Waals surface area contributed by atoms with Crippen LogP contribution in [-0.2, 0) is 0 Å². The van der Waals surface area contributed by atoms with Crippen LogP contribution in [0.4, 0.5) is 10.2 Å². The number of nitrogens with zero attached hydrogens (tertiary/aromatic N) is 6. The predicted molar refractivity (Wildman–Crippen MR) is 107 cm³/mol. The van der Waals surface area contributed by atoms with E-state index in [1.807, 2.05) is 29.7 Å². The molecule has 0 amide bonds. The van der Waals surface area contributed by atoms with Crippen molar-refractivity contribution in [2.45, 2.75) is 19.4 Å². The van der Waals surface area contributed by atoms with Gasteiger partial charge >= 0.3 is 0 Å². The number of anilines is 1. The number of H-pyrrole nitrogens is 1. The van der Waals surface area contributed by atoms with Crippen molar-refractivity contribution in [2.75, 3.05) is 5.32 Å². The molecule has 0 saturated heterocycles. The zero-order chi connectivity index (χ0) is 19.8. The molecule has 2 N–H and O–H groups in total. The Balaban J connectivity index is 1.67. The summed E-state index contributed by atoms with van der Waals surface area (Å²) >= 11 is 0. The number of hydrogen-bond donors (Lipinski definition) is 2. The lowest BCUT2D eigenvalue weighted by molar-refractivity contribution is 0.628. The van der Waals surface area contributed by atoms with Crippen LogP contribution in [0.5, 0.6) is 0 Å². The van der Waals surface area contributed by atoms with Crippen LogP contribution in [0.1, 0.15) is 25.2 Å². The second-order valence-electron chi connectivity index (χ2n) is 6.55. The zero-order valence-corrected chi connectivity index (χ0v) is 15.5. The highest BCUT2D eigenvalue weighted by atomic mass is 19.1. The molecular weight excluding hydrogens is 371 g/mol. The van der Waals surface area contributed by atoms with Gasteiger partial charge in [0.1, 0.15) is 29.3 Å². The largest absolute Gasteiger partial charge is 0.358 e. The van der Waals surface area contributed by atoms with Crippen molar-refractivity contribution in [1.82, 2.24) is 34.5 Å². The Bertz CT molecular complexity index is 1290. The third kappa shape index (κ3) is 2.96. The van der Waals surface area contributed by atoms with Crippen molar-refractivity contribution in [3.05, 3.63) is 66.9 Å². The quantitative estimate of drug-likeness (QED) is 0.475. The molecule has 0 radical (unpaired) electrons. The molecule has 0 fully saturated rings. The van der Waals surface area contributed by atoms with E-state index in [0.717, 1.165) is 17.8 Å². The third-order valence-corrected chi connectivity index (χ3v) is 4.77. The van der Waals surface area contributed by atoms with Gasteiger partial charge in [-0.2, -0.15) is 0 Å². The summed E-state index contributed by atoms with van der Waals surface area (Å²) in [6.45, 7) is 2.05. The lowest BCUT2D eigenvalue weighted by atomic mass is 10.2. The first-order valence-electron chi connectivity index (χ1n) is 9.24. The third-order valence-electron chi connectivity index (χ3n) is 4.77. The summed E-state index contributed by atoms with van der Waals surface area (Å²) in [6.07, 6.45) is 5.47.